The maximum atomic E-state index is 4.19. The first-order valence-electron chi connectivity index (χ1n) is 4.32. The quantitative estimate of drug-likeness (QED) is 0.825. The summed E-state index contributed by atoms with van der Waals surface area (Å²) < 4.78 is 0. The number of rotatable bonds is 4. The number of nitrogens with zero attached hydrogens (tertiary/aromatic N) is 3. The molecule has 0 saturated carbocycles. The van der Waals surface area contributed by atoms with Crippen LogP contribution in [0.1, 0.15) is 5.69 Å². The Hall–Kier alpha value is -1.49. The standard InChI is InChI=1S/C9H10N4S/c1(8-6-14-7-13-8)2-11-9-5-10-3-4-12-9/h3-7H,1-2H2,(H,11,12). The highest BCUT2D eigenvalue weighted by molar-refractivity contribution is 7.07. The summed E-state index contributed by atoms with van der Waals surface area (Å²) in [6.07, 6.45) is 5.96. The summed E-state index contributed by atoms with van der Waals surface area (Å²) in [6, 6.07) is 0. The lowest BCUT2D eigenvalue weighted by Gasteiger charge is -2.01. The lowest BCUT2D eigenvalue weighted by atomic mass is 10.3. The Labute approximate surface area is 86.1 Å². The van der Waals surface area contributed by atoms with Crippen molar-refractivity contribution in [3.05, 3.63) is 35.2 Å². The Morgan fingerprint density at radius 1 is 1.29 bits per heavy atom. The third-order valence-electron chi connectivity index (χ3n) is 1.73. The van der Waals surface area contributed by atoms with Gasteiger partial charge in [-0.05, 0) is 0 Å². The molecular weight excluding hydrogens is 196 g/mol. The molecule has 2 heterocycles. The van der Waals surface area contributed by atoms with Crippen LogP contribution in [0.25, 0.3) is 0 Å². The van der Waals surface area contributed by atoms with Gasteiger partial charge in [0.15, 0.2) is 0 Å². The second-order valence-electron chi connectivity index (χ2n) is 2.75. The molecule has 5 heteroatoms. The van der Waals surface area contributed by atoms with Gasteiger partial charge in [0.25, 0.3) is 0 Å². The minimum Gasteiger partial charge on any atom is -0.368 e. The maximum absolute atomic E-state index is 4.19. The zero-order chi connectivity index (χ0) is 9.64. The second-order valence-corrected chi connectivity index (χ2v) is 3.47. The van der Waals surface area contributed by atoms with Crippen LogP contribution in [0.15, 0.2) is 29.5 Å². The van der Waals surface area contributed by atoms with Crippen molar-refractivity contribution in [2.75, 3.05) is 11.9 Å². The summed E-state index contributed by atoms with van der Waals surface area (Å²) >= 11 is 1.62. The number of hydrogen-bond acceptors (Lipinski definition) is 5. The fourth-order valence-corrected chi connectivity index (χ4v) is 1.66. The van der Waals surface area contributed by atoms with Crippen LogP contribution in [0.4, 0.5) is 5.82 Å². The van der Waals surface area contributed by atoms with Crippen LogP contribution >= 0.6 is 11.3 Å². The first kappa shape index (κ1) is 9.08. The Morgan fingerprint density at radius 3 is 3.00 bits per heavy atom. The van der Waals surface area contributed by atoms with Crippen LogP contribution in [0.5, 0.6) is 0 Å². The molecule has 0 radical (unpaired) electrons. The number of anilines is 1. The summed E-state index contributed by atoms with van der Waals surface area (Å²) in [5.41, 5.74) is 2.96. The third-order valence-corrected chi connectivity index (χ3v) is 2.37. The predicted molar refractivity (Wildman–Crippen MR) is 56.3 cm³/mol. The van der Waals surface area contributed by atoms with E-state index < -0.39 is 0 Å². The molecule has 2 aromatic heterocycles. The number of aromatic nitrogens is 3. The van der Waals surface area contributed by atoms with Crippen LogP contribution in [-0.2, 0) is 6.42 Å². The van der Waals surface area contributed by atoms with E-state index in [4.69, 9.17) is 0 Å². The van der Waals surface area contributed by atoms with Gasteiger partial charge in [0.1, 0.15) is 5.82 Å². The van der Waals surface area contributed by atoms with Gasteiger partial charge in [0, 0.05) is 30.7 Å². The molecule has 2 rings (SSSR count). The van der Waals surface area contributed by atoms with Crippen molar-refractivity contribution in [3.8, 4) is 0 Å². The van der Waals surface area contributed by atoms with E-state index in [9.17, 15) is 0 Å². The Kier molecular flexibility index (Phi) is 3.03. The van der Waals surface area contributed by atoms with E-state index in [1.165, 1.54) is 0 Å². The molecule has 0 aliphatic rings. The number of thiazole rings is 1. The Morgan fingerprint density at radius 2 is 2.29 bits per heavy atom. The SMILES string of the molecule is c1cnc(NCCc2cscn2)cn1. The zero-order valence-corrected chi connectivity index (χ0v) is 8.37. The molecule has 0 bridgehead atoms. The minimum absolute atomic E-state index is 0.808. The van der Waals surface area contributed by atoms with Gasteiger partial charge in [-0.15, -0.1) is 11.3 Å². The van der Waals surface area contributed by atoms with Crippen molar-refractivity contribution in [3.63, 3.8) is 0 Å². The predicted octanol–water partition coefficient (Wildman–Crippen LogP) is 1.59. The lowest BCUT2D eigenvalue weighted by molar-refractivity contribution is 0.964. The van der Waals surface area contributed by atoms with E-state index in [1.54, 1.807) is 29.9 Å². The summed E-state index contributed by atoms with van der Waals surface area (Å²) in [6.45, 7) is 0.836. The normalized spacial score (nSPS) is 10.0. The molecule has 2 aromatic rings. The molecule has 0 amide bonds. The zero-order valence-electron chi connectivity index (χ0n) is 7.55. The molecular formula is C9H10N4S. The topological polar surface area (TPSA) is 50.7 Å². The summed E-state index contributed by atoms with van der Waals surface area (Å²) in [5.74, 6) is 0.808. The van der Waals surface area contributed by atoms with Crippen molar-refractivity contribution in [2.45, 2.75) is 6.42 Å². The molecule has 0 fully saturated rings. The second kappa shape index (κ2) is 4.66. The van der Waals surface area contributed by atoms with E-state index in [0.29, 0.717) is 0 Å². The molecule has 14 heavy (non-hydrogen) atoms. The molecule has 4 nitrogen and oxygen atoms in total. The van der Waals surface area contributed by atoms with Gasteiger partial charge < -0.3 is 5.32 Å². The highest BCUT2D eigenvalue weighted by atomic mass is 32.1. The van der Waals surface area contributed by atoms with Gasteiger partial charge in [-0.3, -0.25) is 4.98 Å². The van der Waals surface area contributed by atoms with E-state index >= 15 is 0 Å². The van der Waals surface area contributed by atoms with Crippen molar-refractivity contribution in [2.24, 2.45) is 0 Å². The smallest absolute Gasteiger partial charge is 0.144 e. The van der Waals surface area contributed by atoms with Gasteiger partial charge in [-0.2, -0.15) is 0 Å². The highest BCUT2D eigenvalue weighted by Crippen LogP contribution is 2.02. The molecule has 0 spiro atoms. The molecule has 0 unspecified atom stereocenters. The van der Waals surface area contributed by atoms with Gasteiger partial charge in [0.2, 0.25) is 0 Å². The molecule has 0 aliphatic carbocycles. The van der Waals surface area contributed by atoms with E-state index in [-0.39, 0.29) is 0 Å². The Balaban J connectivity index is 1.79. The van der Waals surface area contributed by atoms with Crippen LogP contribution in [-0.4, -0.2) is 21.5 Å². The molecule has 1 N–H and O–H groups in total. The molecule has 0 atom stereocenters. The van der Waals surface area contributed by atoms with Crippen molar-refractivity contribution >= 4 is 17.2 Å². The monoisotopic (exact) mass is 206 g/mol. The average molecular weight is 206 g/mol. The lowest BCUT2D eigenvalue weighted by Crippen LogP contribution is -2.06. The van der Waals surface area contributed by atoms with Crippen LogP contribution in [0, 0.1) is 0 Å². The third kappa shape index (κ3) is 2.50. The maximum Gasteiger partial charge on any atom is 0.144 e. The van der Waals surface area contributed by atoms with E-state index in [0.717, 1.165) is 24.5 Å². The fraction of sp³-hybridized carbons (Fsp3) is 0.222. The molecule has 0 saturated heterocycles. The van der Waals surface area contributed by atoms with E-state index in [2.05, 4.69) is 25.6 Å². The van der Waals surface area contributed by atoms with Gasteiger partial charge >= 0.3 is 0 Å². The molecule has 0 aromatic carbocycles. The fourth-order valence-electron chi connectivity index (χ4n) is 1.07. The molecule has 72 valence electrons. The number of hydrogen-bond donors (Lipinski definition) is 1. The minimum atomic E-state index is 0.808. The van der Waals surface area contributed by atoms with Gasteiger partial charge in [-0.1, -0.05) is 0 Å². The highest BCUT2D eigenvalue weighted by Gasteiger charge is 1.95. The first-order chi connectivity index (χ1) is 6.95. The van der Waals surface area contributed by atoms with Crippen LogP contribution in [0.3, 0.4) is 0 Å². The largest absolute Gasteiger partial charge is 0.368 e. The van der Waals surface area contributed by atoms with E-state index in [1.807, 2.05) is 5.51 Å². The van der Waals surface area contributed by atoms with Crippen LogP contribution < -0.4 is 5.32 Å². The number of nitrogens with one attached hydrogen (secondary N) is 1. The average Bonchev–Trinajstić information content (AvgIpc) is 2.72. The summed E-state index contributed by atoms with van der Waals surface area (Å²) in [7, 11) is 0. The van der Waals surface area contributed by atoms with Gasteiger partial charge in [0.05, 0.1) is 17.4 Å². The van der Waals surface area contributed by atoms with Gasteiger partial charge in [-0.25, -0.2) is 9.97 Å². The van der Waals surface area contributed by atoms with Crippen molar-refractivity contribution in [1.82, 2.24) is 15.0 Å². The first-order valence-corrected chi connectivity index (χ1v) is 5.26. The van der Waals surface area contributed by atoms with Crippen molar-refractivity contribution < 1.29 is 0 Å². The molecule has 0 aliphatic heterocycles. The van der Waals surface area contributed by atoms with Crippen molar-refractivity contribution in [1.29, 1.82) is 0 Å². The Bertz CT molecular complexity index is 360. The van der Waals surface area contributed by atoms with Crippen LogP contribution in [0.2, 0.25) is 0 Å². The summed E-state index contributed by atoms with van der Waals surface area (Å²) in [4.78, 5) is 12.3. The summed E-state index contributed by atoms with van der Waals surface area (Å²) in [5, 5.41) is 5.23.